The van der Waals surface area contributed by atoms with Crippen molar-refractivity contribution in [3.63, 3.8) is 0 Å². The highest BCUT2D eigenvalue weighted by molar-refractivity contribution is 5.95. The first kappa shape index (κ1) is 15.0. The molecule has 1 amide bonds. The topological polar surface area (TPSA) is 90.6 Å². The molecule has 0 spiro atoms. The summed E-state index contributed by atoms with van der Waals surface area (Å²) in [6, 6.07) is 7.88. The summed E-state index contributed by atoms with van der Waals surface area (Å²) in [6.45, 7) is 4.69. The van der Waals surface area contributed by atoms with Crippen LogP contribution in [0.15, 0.2) is 30.5 Å². The van der Waals surface area contributed by atoms with Gasteiger partial charge in [-0.25, -0.2) is 0 Å². The van der Waals surface area contributed by atoms with E-state index in [0.717, 1.165) is 0 Å². The zero-order chi connectivity index (χ0) is 16.4. The highest BCUT2D eigenvalue weighted by Crippen LogP contribution is 2.18. The van der Waals surface area contributed by atoms with Gasteiger partial charge in [0.1, 0.15) is 0 Å². The third-order valence-corrected chi connectivity index (χ3v) is 3.90. The van der Waals surface area contributed by atoms with E-state index in [0.29, 0.717) is 23.6 Å². The van der Waals surface area contributed by atoms with E-state index in [1.807, 2.05) is 6.07 Å². The molecule has 2 aromatic heterocycles. The number of amides is 1. The van der Waals surface area contributed by atoms with Crippen molar-refractivity contribution in [2.45, 2.75) is 20.4 Å². The van der Waals surface area contributed by atoms with Crippen LogP contribution in [0.3, 0.4) is 0 Å². The standard InChI is InChI=1S/C16H18N6O/c1-10-5-4-6-11(2)13(10)9-22(3)16(23)12-7-14(17-8-12)15-18-20-21-19-15/h4-8,17H,9H2,1-3H3,(H,18,19,20,21). The van der Waals surface area contributed by atoms with Crippen LogP contribution in [0.1, 0.15) is 27.0 Å². The summed E-state index contributed by atoms with van der Waals surface area (Å²) in [4.78, 5) is 17.3. The van der Waals surface area contributed by atoms with Gasteiger partial charge in [0, 0.05) is 19.8 Å². The van der Waals surface area contributed by atoms with Crippen LogP contribution in [-0.4, -0.2) is 43.5 Å². The van der Waals surface area contributed by atoms with Crippen LogP contribution < -0.4 is 0 Å². The number of aryl methyl sites for hydroxylation is 2. The fourth-order valence-electron chi connectivity index (χ4n) is 2.55. The molecule has 0 aliphatic heterocycles. The predicted molar refractivity (Wildman–Crippen MR) is 85.7 cm³/mol. The molecule has 3 rings (SSSR count). The molecule has 0 aliphatic rings. The Labute approximate surface area is 133 Å². The molecule has 2 N–H and O–H groups in total. The van der Waals surface area contributed by atoms with Crippen LogP contribution in [0.25, 0.3) is 11.5 Å². The molecule has 0 saturated carbocycles. The number of carbonyl (C=O) groups is 1. The normalized spacial score (nSPS) is 10.7. The number of benzene rings is 1. The van der Waals surface area contributed by atoms with Crippen LogP contribution in [0.2, 0.25) is 0 Å². The molecule has 118 valence electrons. The maximum Gasteiger partial charge on any atom is 0.255 e. The van der Waals surface area contributed by atoms with E-state index in [-0.39, 0.29) is 5.91 Å². The van der Waals surface area contributed by atoms with Crippen molar-refractivity contribution >= 4 is 5.91 Å². The molecule has 0 unspecified atom stereocenters. The molecule has 3 aromatic rings. The first-order valence-corrected chi connectivity index (χ1v) is 7.29. The van der Waals surface area contributed by atoms with Gasteiger partial charge in [-0.05, 0) is 41.8 Å². The molecule has 7 nitrogen and oxygen atoms in total. The smallest absolute Gasteiger partial charge is 0.255 e. The fraction of sp³-hybridized carbons (Fsp3) is 0.250. The number of rotatable bonds is 4. The number of nitrogens with zero attached hydrogens (tertiary/aromatic N) is 4. The Kier molecular flexibility index (Phi) is 3.92. The van der Waals surface area contributed by atoms with Crippen molar-refractivity contribution in [1.82, 2.24) is 30.5 Å². The SMILES string of the molecule is Cc1cccc(C)c1CN(C)C(=O)c1c[nH]c(-c2nn[nH]n2)c1. The minimum absolute atomic E-state index is 0.0568. The first-order chi connectivity index (χ1) is 11.1. The van der Waals surface area contributed by atoms with Gasteiger partial charge < -0.3 is 9.88 Å². The first-order valence-electron chi connectivity index (χ1n) is 7.29. The Balaban J connectivity index is 1.78. The van der Waals surface area contributed by atoms with Gasteiger partial charge in [-0.2, -0.15) is 5.21 Å². The minimum atomic E-state index is -0.0568. The molecular formula is C16H18N6O. The van der Waals surface area contributed by atoms with Crippen molar-refractivity contribution in [1.29, 1.82) is 0 Å². The number of H-pyrrole nitrogens is 2. The average molecular weight is 310 g/mol. The molecule has 0 aliphatic carbocycles. The zero-order valence-electron chi connectivity index (χ0n) is 13.3. The van der Waals surface area contributed by atoms with E-state index >= 15 is 0 Å². The zero-order valence-corrected chi connectivity index (χ0v) is 13.3. The summed E-state index contributed by atoms with van der Waals surface area (Å²) in [6.07, 6.45) is 1.66. The monoisotopic (exact) mass is 310 g/mol. The van der Waals surface area contributed by atoms with Crippen molar-refractivity contribution in [3.8, 4) is 11.5 Å². The van der Waals surface area contributed by atoms with Gasteiger partial charge in [0.15, 0.2) is 0 Å². The maximum absolute atomic E-state index is 12.6. The average Bonchev–Trinajstić information content (AvgIpc) is 3.20. The quantitative estimate of drug-likeness (QED) is 0.772. The Morgan fingerprint density at radius 2 is 2.00 bits per heavy atom. The molecule has 0 fully saturated rings. The highest BCUT2D eigenvalue weighted by Gasteiger charge is 2.17. The number of aromatic nitrogens is 5. The largest absolute Gasteiger partial charge is 0.358 e. The Morgan fingerprint density at radius 1 is 1.26 bits per heavy atom. The van der Waals surface area contributed by atoms with E-state index in [4.69, 9.17) is 0 Å². The van der Waals surface area contributed by atoms with Gasteiger partial charge in [-0.15, -0.1) is 10.2 Å². The van der Waals surface area contributed by atoms with Crippen molar-refractivity contribution in [3.05, 3.63) is 52.7 Å². The highest BCUT2D eigenvalue weighted by atomic mass is 16.2. The Morgan fingerprint density at radius 3 is 2.65 bits per heavy atom. The Hall–Kier alpha value is -2.96. The van der Waals surface area contributed by atoms with Gasteiger partial charge in [0.2, 0.25) is 5.82 Å². The van der Waals surface area contributed by atoms with Gasteiger partial charge in [0.25, 0.3) is 5.91 Å². The van der Waals surface area contributed by atoms with E-state index in [1.54, 1.807) is 24.2 Å². The summed E-state index contributed by atoms with van der Waals surface area (Å²) in [7, 11) is 1.80. The number of aromatic amines is 2. The lowest BCUT2D eigenvalue weighted by molar-refractivity contribution is 0.0785. The van der Waals surface area contributed by atoms with E-state index in [2.05, 4.69) is 51.6 Å². The third-order valence-electron chi connectivity index (χ3n) is 3.90. The van der Waals surface area contributed by atoms with Crippen molar-refractivity contribution in [2.75, 3.05) is 7.05 Å². The number of hydrogen-bond donors (Lipinski definition) is 2. The van der Waals surface area contributed by atoms with E-state index in [9.17, 15) is 4.79 Å². The third kappa shape index (κ3) is 2.98. The van der Waals surface area contributed by atoms with Crippen LogP contribution in [-0.2, 0) is 6.54 Å². The van der Waals surface area contributed by atoms with Gasteiger partial charge >= 0.3 is 0 Å². The fourth-order valence-corrected chi connectivity index (χ4v) is 2.55. The number of nitrogens with one attached hydrogen (secondary N) is 2. The lowest BCUT2D eigenvalue weighted by Crippen LogP contribution is -2.26. The molecule has 0 radical (unpaired) electrons. The van der Waals surface area contributed by atoms with Crippen LogP contribution in [0.4, 0.5) is 0 Å². The summed E-state index contributed by atoms with van der Waals surface area (Å²) in [5, 5.41) is 13.7. The molecule has 0 bridgehead atoms. The van der Waals surface area contributed by atoms with Crippen LogP contribution in [0, 0.1) is 13.8 Å². The van der Waals surface area contributed by atoms with E-state index in [1.165, 1.54) is 16.7 Å². The second-order valence-corrected chi connectivity index (χ2v) is 5.57. The lowest BCUT2D eigenvalue weighted by atomic mass is 10.0. The molecule has 0 saturated heterocycles. The van der Waals surface area contributed by atoms with Crippen molar-refractivity contribution in [2.24, 2.45) is 0 Å². The van der Waals surface area contributed by atoms with E-state index < -0.39 is 0 Å². The Bertz CT molecular complexity index is 801. The second kappa shape index (κ2) is 6.04. The van der Waals surface area contributed by atoms with Crippen LogP contribution in [0.5, 0.6) is 0 Å². The molecular weight excluding hydrogens is 292 g/mol. The summed E-state index contributed by atoms with van der Waals surface area (Å²) in [5.74, 6) is 0.375. The molecule has 7 heteroatoms. The lowest BCUT2D eigenvalue weighted by Gasteiger charge is -2.19. The molecule has 23 heavy (non-hydrogen) atoms. The number of carbonyl (C=O) groups excluding carboxylic acids is 1. The predicted octanol–water partition coefficient (Wildman–Crippen LogP) is 2.08. The summed E-state index contributed by atoms with van der Waals surface area (Å²) >= 11 is 0. The van der Waals surface area contributed by atoms with Gasteiger partial charge in [-0.1, -0.05) is 18.2 Å². The minimum Gasteiger partial charge on any atom is -0.358 e. The summed E-state index contributed by atoms with van der Waals surface area (Å²) in [5.41, 5.74) is 4.77. The van der Waals surface area contributed by atoms with Crippen molar-refractivity contribution < 1.29 is 4.79 Å². The molecule has 0 atom stereocenters. The maximum atomic E-state index is 12.6. The van der Waals surface area contributed by atoms with Gasteiger partial charge in [-0.3, -0.25) is 4.79 Å². The van der Waals surface area contributed by atoms with Crippen LogP contribution >= 0.6 is 0 Å². The molecule has 1 aromatic carbocycles. The number of hydrogen-bond acceptors (Lipinski definition) is 4. The molecule has 2 heterocycles. The summed E-state index contributed by atoms with van der Waals surface area (Å²) < 4.78 is 0. The number of tetrazole rings is 1. The second-order valence-electron chi connectivity index (χ2n) is 5.57. The van der Waals surface area contributed by atoms with Gasteiger partial charge in [0.05, 0.1) is 11.3 Å².